The maximum absolute atomic E-state index is 13.0. The van der Waals surface area contributed by atoms with Crippen LogP contribution in [-0.2, 0) is 18.9 Å². The topological polar surface area (TPSA) is 33.1 Å². The fraction of sp³-hybridized carbons (Fsp3) is 0.444. The van der Waals surface area contributed by atoms with Crippen LogP contribution >= 0.6 is 0 Å². The fourth-order valence-electron chi connectivity index (χ4n) is 4.67. The maximum Gasteiger partial charge on any atom is 0.416 e. The molecule has 2 aromatic carbocycles. The number of hydrogen-bond acceptors (Lipinski definition) is 3. The van der Waals surface area contributed by atoms with Gasteiger partial charge in [0.2, 0.25) is 0 Å². The zero-order chi connectivity index (χ0) is 26.6. The summed E-state index contributed by atoms with van der Waals surface area (Å²) in [7, 11) is 0. The molecule has 2 heterocycles. The van der Waals surface area contributed by atoms with E-state index in [0.29, 0.717) is 35.1 Å². The van der Waals surface area contributed by atoms with Crippen molar-refractivity contribution in [3.05, 3.63) is 71.4 Å². The van der Waals surface area contributed by atoms with Crippen LogP contribution in [0, 0.1) is 5.92 Å². The van der Waals surface area contributed by atoms with Crippen molar-refractivity contribution in [2.45, 2.75) is 45.1 Å². The highest BCUT2D eigenvalue weighted by Crippen LogP contribution is 2.32. The van der Waals surface area contributed by atoms with Crippen LogP contribution in [0.25, 0.3) is 16.9 Å². The van der Waals surface area contributed by atoms with Crippen LogP contribution in [0.5, 0.6) is 0 Å². The van der Waals surface area contributed by atoms with E-state index >= 15 is 0 Å². The number of piperidine rings is 1. The summed E-state index contributed by atoms with van der Waals surface area (Å²) in [5, 5.41) is 7.99. The molecule has 0 spiro atoms. The Bertz CT molecular complexity index is 1140. The summed E-state index contributed by atoms with van der Waals surface area (Å²) in [5.74, 6) is 0.532. The van der Waals surface area contributed by atoms with Crippen molar-refractivity contribution in [1.82, 2.24) is 20.0 Å². The predicted octanol–water partition coefficient (Wildman–Crippen LogP) is 6.79. The van der Waals surface area contributed by atoms with Crippen LogP contribution in [-0.4, -0.2) is 40.9 Å². The molecule has 1 fully saturated rings. The van der Waals surface area contributed by atoms with Gasteiger partial charge >= 0.3 is 12.4 Å². The van der Waals surface area contributed by atoms with Crippen molar-refractivity contribution in [2.75, 3.05) is 26.2 Å². The summed E-state index contributed by atoms with van der Waals surface area (Å²) in [4.78, 5) is 2.46. The molecule has 0 atom stereocenters. The SMILES string of the molecule is CCCN1CCC(CNCc2cc(-c3ccc(C(F)(F)F)cc3)nn2-c2ccc(C(F)(F)F)cc2)CC1. The van der Waals surface area contributed by atoms with Crippen molar-refractivity contribution in [3.63, 3.8) is 0 Å². The number of halogens is 6. The van der Waals surface area contributed by atoms with Crippen LogP contribution in [0.3, 0.4) is 0 Å². The van der Waals surface area contributed by atoms with Gasteiger partial charge in [0, 0.05) is 12.1 Å². The minimum atomic E-state index is -4.45. The first-order valence-corrected chi connectivity index (χ1v) is 12.4. The molecule has 1 saturated heterocycles. The van der Waals surface area contributed by atoms with E-state index in [1.165, 1.54) is 24.3 Å². The average Bonchev–Trinajstić information content (AvgIpc) is 3.28. The second kappa shape index (κ2) is 11.3. The van der Waals surface area contributed by atoms with Gasteiger partial charge in [-0.05, 0) is 93.8 Å². The lowest BCUT2D eigenvalue weighted by Gasteiger charge is -2.31. The summed E-state index contributed by atoms with van der Waals surface area (Å²) in [6.07, 6.45) is -5.56. The number of nitrogens with zero attached hydrogens (tertiary/aromatic N) is 3. The van der Waals surface area contributed by atoms with Gasteiger partial charge in [-0.2, -0.15) is 31.4 Å². The number of aromatic nitrogens is 2. The van der Waals surface area contributed by atoms with E-state index in [1.807, 2.05) is 0 Å². The lowest BCUT2D eigenvalue weighted by Crippen LogP contribution is -2.37. The molecule has 0 saturated carbocycles. The van der Waals surface area contributed by atoms with Gasteiger partial charge in [0.15, 0.2) is 0 Å². The van der Waals surface area contributed by atoms with Gasteiger partial charge in [-0.25, -0.2) is 4.68 Å². The van der Waals surface area contributed by atoms with Gasteiger partial charge < -0.3 is 10.2 Å². The van der Waals surface area contributed by atoms with Crippen LogP contribution in [0.1, 0.15) is 43.0 Å². The van der Waals surface area contributed by atoms with Gasteiger partial charge in [-0.1, -0.05) is 19.1 Å². The average molecular weight is 525 g/mol. The third kappa shape index (κ3) is 6.93. The molecule has 4 rings (SSSR count). The Kier molecular flexibility index (Phi) is 8.28. The molecule has 4 nitrogen and oxygen atoms in total. The third-order valence-corrected chi connectivity index (χ3v) is 6.72. The van der Waals surface area contributed by atoms with Gasteiger partial charge in [0.05, 0.1) is 28.2 Å². The Morgan fingerprint density at radius 2 is 1.43 bits per heavy atom. The van der Waals surface area contributed by atoms with Gasteiger partial charge in [-0.3, -0.25) is 0 Å². The standard InChI is InChI=1S/C27H30F6N4/c1-2-13-36-14-11-19(12-15-36)17-34-18-24-16-25(20-3-5-21(6-4-20)26(28,29)30)35-37(24)23-9-7-22(8-10-23)27(31,32)33/h3-10,16,19,34H,2,11-15,17-18H2,1H3. The van der Waals surface area contributed by atoms with E-state index in [4.69, 9.17) is 0 Å². The highest BCUT2D eigenvalue weighted by atomic mass is 19.4. The molecule has 0 amide bonds. The van der Waals surface area contributed by atoms with Crippen LogP contribution in [0.4, 0.5) is 26.3 Å². The monoisotopic (exact) mass is 524 g/mol. The molecule has 1 N–H and O–H groups in total. The predicted molar refractivity (Wildman–Crippen MR) is 130 cm³/mol. The van der Waals surface area contributed by atoms with Crippen molar-refractivity contribution >= 4 is 0 Å². The van der Waals surface area contributed by atoms with Crippen molar-refractivity contribution in [2.24, 2.45) is 5.92 Å². The number of benzene rings is 2. The minimum Gasteiger partial charge on any atom is -0.311 e. The lowest BCUT2D eigenvalue weighted by atomic mass is 9.96. The fourth-order valence-corrected chi connectivity index (χ4v) is 4.67. The molecule has 0 aliphatic carbocycles. The van der Waals surface area contributed by atoms with E-state index in [9.17, 15) is 26.3 Å². The van der Waals surface area contributed by atoms with Gasteiger partial charge in [0.25, 0.3) is 0 Å². The quantitative estimate of drug-likeness (QED) is 0.330. The molecule has 0 bridgehead atoms. The smallest absolute Gasteiger partial charge is 0.311 e. The lowest BCUT2D eigenvalue weighted by molar-refractivity contribution is -0.138. The van der Waals surface area contributed by atoms with Crippen LogP contribution in [0.2, 0.25) is 0 Å². The Morgan fingerprint density at radius 3 is 1.97 bits per heavy atom. The third-order valence-electron chi connectivity index (χ3n) is 6.72. The molecular formula is C27H30F6N4. The van der Waals surface area contributed by atoms with E-state index in [-0.39, 0.29) is 0 Å². The Hall–Kier alpha value is -2.85. The Labute approximate surface area is 212 Å². The summed E-state index contributed by atoms with van der Waals surface area (Å²) in [6.45, 7) is 6.65. The summed E-state index contributed by atoms with van der Waals surface area (Å²) < 4.78 is 79.6. The molecule has 1 aliphatic rings. The number of hydrogen-bond donors (Lipinski definition) is 1. The van der Waals surface area contributed by atoms with Gasteiger partial charge in [0.1, 0.15) is 0 Å². The van der Waals surface area contributed by atoms with Gasteiger partial charge in [-0.15, -0.1) is 0 Å². The Morgan fingerprint density at radius 1 is 0.865 bits per heavy atom. The zero-order valence-electron chi connectivity index (χ0n) is 20.5. The van der Waals surface area contributed by atoms with E-state index in [1.54, 1.807) is 10.7 Å². The number of rotatable bonds is 8. The molecule has 1 aromatic heterocycles. The minimum absolute atomic E-state index is 0.420. The molecule has 0 unspecified atom stereocenters. The highest BCUT2D eigenvalue weighted by molar-refractivity contribution is 5.60. The molecule has 10 heteroatoms. The van der Waals surface area contributed by atoms with E-state index in [0.717, 1.165) is 69.7 Å². The molecule has 0 radical (unpaired) electrons. The van der Waals surface area contributed by atoms with Crippen molar-refractivity contribution < 1.29 is 26.3 Å². The first kappa shape index (κ1) is 27.2. The number of likely N-dealkylation sites (tertiary alicyclic amines) is 1. The molecule has 3 aromatic rings. The summed E-state index contributed by atoms with van der Waals surface area (Å²) in [5.41, 5.74) is 0.557. The first-order chi connectivity index (χ1) is 17.5. The molecular weight excluding hydrogens is 494 g/mol. The zero-order valence-corrected chi connectivity index (χ0v) is 20.5. The maximum atomic E-state index is 13.0. The summed E-state index contributed by atoms with van der Waals surface area (Å²) in [6, 6.07) is 11.1. The number of nitrogens with one attached hydrogen (secondary N) is 1. The van der Waals surface area contributed by atoms with Crippen LogP contribution in [0.15, 0.2) is 54.6 Å². The Balaban J connectivity index is 1.53. The van der Waals surface area contributed by atoms with E-state index < -0.39 is 23.5 Å². The molecule has 1 aliphatic heterocycles. The molecule has 200 valence electrons. The normalized spacial score (nSPS) is 15.9. The van der Waals surface area contributed by atoms with Crippen molar-refractivity contribution in [3.8, 4) is 16.9 Å². The number of alkyl halides is 6. The second-order valence-electron chi connectivity index (χ2n) is 9.47. The largest absolute Gasteiger partial charge is 0.416 e. The molecule has 37 heavy (non-hydrogen) atoms. The second-order valence-corrected chi connectivity index (χ2v) is 9.47. The van der Waals surface area contributed by atoms with Crippen LogP contribution < -0.4 is 5.32 Å². The van der Waals surface area contributed by atoms with Crippen molar-refractivity contribution in [1.29, 1.82) is 0 Å². The van der Waals surface area contributed by atoms with E-state index in [2.05, 4.69) is 22.2 Å². The first-order valence-electron chi connectivity index (χ1n) is 12.4. The highest BCUT2D eigenvalue weighted by Gasteiger charge is 2.31. The summed E-state index contributed by atoms with van der Waals surface area (Å²) >= 11 is 0.